The first-order chi connectivity index (χ1) is 20.8. The van der Waals surface area contributed by atoms with E-state index in [0.29, 0.717) is 60.7 Å². The maximum absolute atomic E-state index is 13.2. The molecule has 3 aromatic carbocycles. The Morgan fingerprint density at radius 2 is 1.79 bits per heavy atom. The third-order valence-electron chi connectivity index (χ3n) is 6.63. The molecule has 0 aliphatic carbocycles. The highest BCUT2D eigenvalue weighted by molar-refractivity contribution is 8.18. The van der Waals surface area contributed by atoms with Crippen LogP contribution in [-0.4, -0.2) is 61.4 Å². The van der Waals surface area contributed by atoms with Crippen molar-refractivity contribution in [3.05, 3.63) is 86.7 Å². The van der Waals surface area contributed by atoms with Crippen LogP contribution in [0.2, 0.25) is 10.0 Å². The largest absolute Gasteiger partial charge is 0.490 e. The van der Waals surface area contributed by atoms with E-state index in [4.69, 9.17) is 37.4 Å². The summed E-state index contributed by atoms with van der Waals surface area (Å²) in [6, 6.07) is 18.0. The number of hydrogen-bond acceptors (Lipinski definition) is 8. The lowest BCUT2D eigenvalue weighted by Gasteiger charge is -2.30. The van der Waals surface area contributed by atoms with Crippen molar-refractivity contribution in [2.24, 2.45) is 0 Å². The molecule has 43 heavy (non-hydrogen) atoms. The van der Waals surface area contributed by atoms with Gasteiger partial charge in [-0.05, 0) is 72.3 Å². The number of hydrogen-bond donors (Lipinski definition) is 1. The summed E-state index contributed by atoms with van der Waals surface area (Å²) in [4.78, 5) is 42.1. The monoisotopic (exact) mass is 641 g/mol. The molecule has 3 aromatic rings. The summed E-state index contributed by atoms with van der Waals surface area (Å²) in [6.07, 6.45) is 1.55. The van der Waals surface area contributed by atoms with E-state index in [9.17, 15) is 14.4 Å². The van der Waals surface area contributed by atoms with Crippen LogP contribution in [0.25, 0.3) is 6.08 Å². The van der Waals surface area contributed by atoms with Crippen molar-refractivity contribution in [3.8, 4) is 11.5 Å². The molecule has 0 aromatic heterocycles. The number of carbonyl (C=O) groups is 3. The van der Waals surface area contributed by atoms with Crippen LogP contribution < -0.4 is 19.7 Å². The van der Waals surface area contributed by atoms with Crippen LogP contribution in [0.15, 0.2) is 65.6 Å². The van der Waals surface area contributed by atoms with E-state index in [0.717, 1.165) is 27.9 Å². The van der Waals surface area contributed by atoms with E-state index in [-0.39, 0.29) is 16.5 Å². The molecule has 0 bridgehead atoms. The highest BCUT2D eigenvalue weighted by atomic mass is 35.5. The number of benzene rings is 3. The summed E-state index contributed by atoms with van der Waals surface area (Å²) < 4.78 is 17.2. The van der Waals surface area contributed by atoms with Gasteiger partial charge in [0.15, 0.2) is 11.5 Å². The average Bonchev–Trinajstić information content (AvgIpc) is 3.25. The maximum Gasteiger partial charge on any atom is 0.294 e. The molecule has 12 heteroatoms. The normalized spacial score (nSPS) is 16.1. The zero-order valence-corrected chi connectivity index (χ0v) is 25.6. The van der Waals surface area contributed by atoms with E-state index < -0.39 is 23.6 Å². The van der Waals surface area contributed by atoms with Crippen molar-refractivity contribution in [1.82, 2.24) is 4.90 Å². The van der Waals surface area contributed by atoms with Crippen LogP contribution in [0.5, 0.6) is 11.5 Å². The Kier molecular flexibility index (Phi) is 10.1. The number of anilines is 2. The fourth-order valence-electron chi connectivity index (χ4n) is 4.59. The Bertz CT molecular complexity index is 1540. The van der Waals surface area contributed by atoms with Gasteiger partial charge in [0, 0.05) is 18.1 Å². The topological polar surface area (TPSA) is 97.4 Å². The van der Waals surface area contributed by atoms with E-state index >= 15 is 0 Å². The molecule has 0 spiro atoms. The minimum atomic E-state index is -0.566. The fraction of sp³-hybridized carbons (Fsp3) is 0.258. The van der Waals surface area contributed by atoms with Crippen LogP contribution in [0.4, 0.5) is 16.2 Å². The summed E-state index contributed by atoms with van der Waals surface area (Å²) in [5.74, 6) is -0.289. The van der Waals surface area contributed by atoms with Crippen LogP contribution in [-0.2, 0) is 20.9 Å². The van der Waals surface area contributed by atoms with Crippen molar-refractivity contribution in [1.29, 1.82) is 0 Å². The van der Waals surface area contributed by atoms with Gasteiger partial charge in [0.2, 0.25) is 5.91 Å². The van der Waals surface area contributed by atoms with Gasteiger partial charge in [0.05, 0.1) is 41.1 Å². The smallest absolute Gasteiger partial charge is 0.294 e. The lowest BCUT2D eigenvalue weighted by Crippen LogP contribution is -2.38. The minimum Gasteiger partial charge on any atom is -0.490 e. The number of amides is 3. The summed E-state index contributed by atoms with van der Waals surface area (Å²) in [7, 11) is 0. The van der Waals surface area contributed by atoms with Crippen molar-refractivity contribution in [2.75, 3.05) is 49.7 Å². The molecule has 0 atom stereocenters. The van der Waals surface area contributed by atoms with Gasteiger partial charge in [-0.15, -0.1) is 0 Å². The molecule has 2 saturated heterocycles. The molecule has 0 radical (unpaired) electrons. The van der Waals surface area contributed by atoms with Crippen molar-refractivity contribution in [3.63, 3.8) is 0 Å². The standard InChI is InChI=1S/C31H29Cl2N3O6S/c1-2-41-26-16-21(15-23(33)29(26)42-19-20-7-9-22(32)10-8-20)17-27-30(38)36(31(39)43-27)18-28(37)34-24-5-3-4-6-25(24)35-11-13-40-14-12-35/h3-10,15-17H,2,11-14,18-19H2,1H3,(H,34,37)/b27-17+. The third-order valence-corrected chi connectivity index (χ3v) is 8.07. The van der Waals surface area contributed by atoms with Crippen molar-refractivity contribution >= 4 is 69.5 Å². The van der Waals surface area contributed by atoms with Gasteiger partial charge in [-0.1, -0.05) is 47.5 Å². The van der Waals surface area contributed by atoms with Gasteiger partial charge in [-0.2, -0.15) is 0 Å². The summed E-state index contributed by atoms with van der Waals surface area (Å²) in [5.41, 5.74) is 2.90. The van der Waals surface area contributed by atoms with E-state index in [1.807, 2.05) is 37.3 Å². The summed E-state index contributed by atoms with van der Waals surface area (Å²) in [5, 5.41) is 3.22. The maximum atomic E-state index is 13.2. The molecular weight excluding hydrogens is 613 g/mol. The Labute approximate surface area is 263 Å². The predicted molar refractivity (Wildman–Crippen MR) is 169 cm³/mol. The molecule has 2 aliphatic heterocycles. The second kappa shape index (κ2) is 14.2. The number of nitrogens with zero attached hydrogens (tertiary/aromatic N) is 2. The molecule has 1 N–H and O–H groups in total. The van der Waals surface area contributed by atoms with Gasteiger partial charge in [0.25, 0.3) is 11.1 Å². The number of rotatable bonds is 10. The number of morpholine rings is 1. The van der Waals surface area contributed by atoms with Gasteiger partial charge in [0.1, 0.15) is 13.2 Å². The highest BCUT2D eigenvalue weighted by Gasteiger charge is 2.36. The number of nitrogens with one attached hydrogen (secondary N) is 1. The van der Waals surface area contributed by atoms with Gasteiger partial charge in [-0.25, -0.2) is 0 Å². The third kappa shape index (κ3) is 7.64. The molecule has 224 valence electrons. The van der Waals surface area contributed by atoms with E-state index in [1.165, 1.54) is 0 Å². The molecule has 0 unspecified atom stereocenters. The summed E-state index contributed by atoms with van der Waals surface area (Å²) >= 11 is 13.3. The number of para-hydroxylation sites is 2. The first-order valence-electron chi connectivity index (χ1n) is 13.6. The first-order valence-corrected chi connectivity index (χ1v) is 15.2. The molecule has 2 fully saturated rings. The van der Waals surface area contributed by atoms with Gasteiger partial charge in [-0.3, -0.25) is 19.3 Å². The fourth-order valence-corrected chi connectivity index (χ4v) is 5.83. The van der Waals surface area contributed by atoms with Crippen LogP contribution in [0, 0.1) is 0 Å². The molecule has 0 saturated carbocycles. The lowest BCUT2D eigenvalue weighted by atomic mass is 10.1. The highest BCUT2D eigenvalue weighted by Crippen LogP contribution is 2.39. The zero-order chi connectivity index (χ0) is 30.3. The van der Waals surface area contributed by atoms with Crippen molar-refractivity contribution < 1.29 is 28.6 Å². The van der Waals surface area contributed by atoms with Gasteiger partial charge >= 0.3 is 0 Å². The zero-order valence-electron chi connectivity index (χ0n) is 23.3. The quantitative estimate of drug-likeness (QED) is 0.251. The summed E-state index contributed by atoms with van der Waals surface area (Å²) in [6.45, 7) is 4.62. The average molecular weight is 643 g/mol. The molecule has 2 heterocycles. The van der Waals surface area contributed by atoms with Crippen LogP contribution in [0.1, 0.15) is 18.1 Å². The molecule has 9 nitrogen and oxygen atoms in total. The number of imide groups is 1. The Morgan fingerprint density at radius 3 is 2.53 bits per heavy atom. The second-order valence-corrected chi connectivity index (χ2v) is 11.4. The first kappa shape index (κ1) is 30.7. The second-order valence-electron chi connectivity index (χ2n) is 9.61. The van der Waals surface area contributed by atoms with Gasteiger partial charge < -0.3 is 24.4 Å². The molecular formula is C31H29Cl2N3O6S. The number of ether oxygens (including phenoxy) is 3. The molecule has 3 amide bonds. The molecule has 2 aliphatic rings. The van der Waals surface area contributed by atoms with Crippen LogP contribution in [0.3, 0.4) is 0 Å². The Balaban J connectivity index is 1.28. The van der Waals surface area contributed by atoms with Crippen molar-refractivity contribution in [2.45, 2.75) is 13.5 Å². The predicted octanol–water partition coefficient (Wildman–Crippen LogP) is 6.48. The Morgan fingerprint density at radius 1 is 1.05 bits per heavy atom. The number of thioether (sulfide) groups is 1. The minimum absolute atomic E-state index is 0.167. The van der Waals surface area contributed by atoms with E-state index in [2.05, 4.69) is 10.2 Å². The number of halogens is 2. The molecule has 5 rings (SSSR count). The Hall–Kier alpha value is -3.70. The van der Waals surface area contributed by atoms with E-state index in [1.54, 1.807) is 36.4 Å². The lowest BCUT2D eigenvalue weighted by molar-refractivity contribution is -0.127. The van der Waals surface area contributed by atoms with Crippen LogP contribution >= 0.6 is 35.0 Å². The SMILES string of the molecule is CCOc1cc(/C=C2/SC(=O)N(CC(=O)Nc3ccccc3N3CCOCC3)C2=O)cc(Cl)c1OCc1ccc(Cl)cc1. The number of carbonyl (C=O) groups excluding carboxylic acids is 3.